The zero-order valence-corrected chi connectivity index (χ0v) is 11.1. The Hall–Kier alpha value is -1.69. The summed E-state index contributed by atoms with van der Waals surface area (Å²) in [5.74, 6) is -0.650. The van der Waals surface area contributed by atoms with E-state index in [4.69, 9.17) is 0 Å². The molecule has 0 aliphatic rings. The molecule has 2 aromatic rings. The van der Waals surface area contributed by atoms with Crippen LogP contribution >= 0.6 is 15.9 Å². The van der Waals surface area contributed by atoms with Crippen LogP contribution < -0.4 is 5.56 Å². The second-order valence-electron chi connectivity index (χ2n) is 3.69. The number of nitrogens with one attached hydrogen (secondary N) is 1. The minimum Gasteiger partial charge on any atom is -0.493 e. The van der Waals surface area contributed by atoms with Crippen molar-refractivity contribution in [2.24, 2.45) is 0 Å². The number of aromatic hydroxyl groups is 1. The Labute approximate surface area is 111 Å². The quantitative estimate of drug-likeness (QED) is 0.895. The van der Waals surface area contributed by atoms with Crippen LogP contribution in [0.2, 0.25) is 0 Å². The molecule has 0 atom stereocenters. The van der Waals surface area contributed by atoms with Crippen molar-refractivity contribution in [1.82, 2.24) is 9.97 Å². The minimum absolute atomic E-state index is 0.126. The molecule has 0 saturated carbocycles. The predicted molar refractivity (Wildman–Crippen MR) is 69.0 cm³/mol. The summed E-state index contributed by atoms with van der Waals surface area (Å²) < 4.78 is 13.8. The van der Waals surface area contributed by atoms with Gasteiger partial charge >= 0.3 is 0 Å². The first-order chi connectivity index (χ1) is 8.52. The van der Waals surface area contributed by atoms with Crippen LogP contribution in [0.4, 0.5) is 4.39 Å². The Bertz CT molecular complexity index is 655. The van der Waals surface area contributed by atoms with Gasteiger partial charge in [-0.05, 0) is 24.6 Å². The highest BCUT2D eigenvalue weighted by atomic mass is 79.9. The van der Waals surface area contributed by atoms with E-state index in [0.29, 0.717) is 16.5 Å². The Morgan fingerprint density at radius 1 is 1.50 bits per heavy atom. The highest BCUT2D eigenvalue weighted by Gasteiger charge is 2.12. The lowest BCUT2D eigenvalue weighted by Crippen LogP contribution is -2.14. The van der Waals surface area contributed by atoms with Crippen LogP contribution in [0.5, 0.6) is 5.88 Å². The minimum atomic E-state index is -0.449. The van der Waals surface area contributed by atoms with E-state index >= 15 is 0 Å². The first-order valence-electron chi connectivity index (χ1n) is 5.30. The Balaban J connectivity index is 2.65. The molecule has 1 aromatic heterocycles. The van der Waals surface area contributed by atoms with Gasteiger partial charge in [-0.15, -0.1) is 0 Å². The van der Waals surface area contributed by atoms with E-state index in [0.717, 1.165) is 0 Å². The van der Waals surface area contributed by atoms with Gasteiger partial charge in [-0.3, -0.25) is 4.79 Å². The van der Waals surface area contributed by atoms with Crippen molar-refractivity contribution in [1.29, 1.82) is 0 Å². The molecule has 1 aromatic carbocycles. The molecule has 0 saturated heterocycles. The third-order valence-electron chi connectivity index (χ3n) is 2.53. The zero-order chi connectivity index (χ0) is 13.3. The maximum atomic E-state index is 13.2. The SMILES string of the molecule is CCc1c(O)nc(-c2cc(F)ccc2Br)[nH]c1=O. The van der Waals surface area contributed by atoms with Gasteiger partial charge in [0.1, 0.15) is 11.6 Å². The number of aromatic amines is 1. The summed E-state index contributed by atoms with van der Waals surface area (Å²) in [5, 5.41) is 9.65. The number of nitrogens with zero attached hydrogens (tertiary/aromatic N) is 1. The Morgan fingerprint density at radius 2 is 2.22 bits per heavy atom. The molecule has 18 heavy (non-hydrogen) atoms. The van der Waals surface area contributed by atoms with Gasteiger partial charge in [-0.25, -0.2) is 4.39 Å². The maximum absolute atomic E-state index is 13.2. The standard InChI is InChI=1S/C12H10BrFN2O2/c1-2-7-11(17)15-10(16-12(7)18)8-5-6(14)3-4-9(8)13/h3-5H,2H2,1H3,(H2,15,16,17,18). The summed E-state index contributed by atoms with van der Waals surface area (Å²) in [6, 6.07) is 4.02. The molecule has 0 bridgehead atoms. The molecule has 4 nitrogen and oxygen atoms in total. The summed E-state index contributed by atoms with van der Waals surface area (Å²) in [6.07, 6.45) is 0.374. The van der Waals surface area contributed by atoms with Crippen molar-refractivity contribution in [3.05, 3.63) is 44.4 Å². The molecule has 2 N–H and O–H groups in total. The molecule has 94 valence electrons. The number of hydrogen-bond acceptors (Lipinski definition) is 3. The molecule has 0 fully saturated rings. The number of hydrogen-bond donors (Lipinski definition) is 2. The topological polar surface area (TPSA) is 66.0 Å². The number of H-pyrrole nitrogens is 1. The maximum Gasteiger partial charge on any atom is 0.258 e. The molecule has 0 amide bonds. The number of rotatable bonds is 2. The third kappa shape index (κ3) is 2.28. The molecule has 0 radical (unpaired) electrons. The largest absolute Gasteiger partial charge is 0.493 e. The van der Waals surface area contributed by atoms with Gasteiger partial charge < -0.3 is 10.1 Å². The number of aromatic nitrogens is 2. The monoisotopic (exact) mass is 312 g/mol. The van der Waals surface area contributed by atoms with Crippen LogP contribution in [0, 0.1) is 5.82 Å². The van der Waals surface area contributed by atoms with E-state index in [1.165, 1.54) is 18.2 Å². The molecule has 2 rings (SSSR count). The second-order valence-corrected chi connectivity index (χ2v) is 4.55. The van der Waals surface area contributed by atoms with Crippen LogP contribution in [0.3, 0.4) is 0 Å². The second kappa shape index (κ2) is 4.89. The van der Waals surface area contributed by atoms with E-state index in [1.54, 1.807) is 6.92 Å². The molecular weight excluding hydrogens is 303 g/mol. The molecular formula is C12H10BrFN2O2. The normalized spacial score (nSPS) is 10.6. The highest BCUT2D eigenvalue weighted by molar-refractivity contribution is 9.10. The number of halogens is 2. The summed E-state index contributed by atoms with van der Waals surface area (Å²) in [7, 11) is 0. The summed E-state index contributed by atoms with van der Waals surface area (Å²) >= 11 is 3.24. The van der Waals surface area contributed by atoms with Gasteiger partial charge in [0.25, 0.3) is 5.56 Å². The molecule has 0 unspecified atom stereocenters. The van der Waals surface area contributed by atoms with Crippen molar-refractivity contribution in [2.75, 3.05) is 0 Å². The van der Waals surface area contributed by atoms with Gasteiger partial charge in [0, 0.05) is 10.0 Å². The van der Waals surface area contributed by atoms with Crippen molar-refractivity contribution in [3.63, 3.8) is 0 Å². The van der Waals surface area contributed by atoms with Crippen LogP contribution in [-0.2, 0) is 6.42 Å². The van der Waals surface area contributed by atoms with Crippen molar-refractivity contribution >= 4 is 15.9 Å². The fourth-order valence-electron chi connectivity index (χ4n) is 1.61. The fourth-order valence-corrected chi connectivity index (χ4v) is 2.05. The van der Waals surface area contributed by atoms with Gasteiger partial charge in [0.05, 0.1) is 5.56 Å². The van der Waals surface area contributed by atoms with E-state index < -0.39 is 11.4 Å². The highest BCUT2D eigenvalue weighted by Crippen LogP contribution is 2.27. The van der Waals surface area contributed by atoms with Gasteiger partial charge in [0.2, 0.25) is 5.88 Å². The van der Waals surface area contributed by atoms with E-state index in [9.17, 15) is 14.3 Å². The predicted octanol–water partition coefficient (Wildman–Crippen LogP) is 2.61. The van der Waals surface area contributed by atoms with Crippen LogP contribution in [0.25, 0.3) is 11.4 Å². The first kappa shape index (κ1) is 12.8. The number of benzene rings is 1. The zero-order valence-electron chi connectivity index (χ0n) is 9.50. The lowest BCUT2D eigenvalue weighted by atomic mass is 10.2. The van der Waals surface area contributed by atoms with E-state index in [-0.39, 0.29) is 17.3 Å². The molecule has 0 spiro atoms. The van der Waals surface area contributed by atoms with E-state index in [2.05, 4.69) is 25.9 Å². The average molecular weight is 313 g/mol. The summed E-state index contributed by atoms with van der Waals surface area (Å²) in [4.78, 5) is 18.1. The van der Waals surface area contributed by atoms with Crippen LogP contribution in [-0.4, -0.2) is 15.1 Å². The third-order valence-corrected chi connectivity index (χ3v) is 3.22. The molecule has 6 heteroatoms. The van der Waals surface area contributed by atoms with Gasteiger partial charge in [-0.2, -0.15) is 4.98 Å². The van der Waals surface area contributed by atoms with Crippen LogP contribution in [0.15, 0.2) is 27.5 Å². The van der Waals surface area contributed by atoms with E-state index in [1.807, 2.05) is 0 Å². The fraction of sp³-hybridized carbons (Fsp3) is 0.167. The molecule has 0 aliphatic heterocycles. The Morgan fingerprint density at radius 3 is 2.83 bits per heavy atom. The van der Waals surface area contributed by atoms with Gasteiger partial charge in [-0.1, -0.05) is 22.9 Å². The summed E-state index contributed by atoms with van der Waals surface area (Å²) in [5.41, 5.74) is 0.174. The molecule has 0 aliphatic carbocycles. The average Bonchev–Trinajstić information content (AvgIpc) is 2.32. The first-order valence-corrected chi connectivity index (χ1v) is 6.09. The summed E-state index contributed by atoms with van der Waals surface area (Å²) in [6.45, 7) is 1.74. The van der Waals surface area contributed by atoms with Gasteiger partial charge in [0.15, 0.2) is 0 Å². The lowest BCUT2D eigenvalue weighted by Gasteiger charge is -2.06. The smallest absolute Gasteiger partial charge is 0.258 e. The van der Waals surface area contributed by atoms with Crippen molar-refractivity contribution < 1.29 is 9.50 Å². The molecule has 1 heterocycles. The Kier molecular flexibility index (Phi) is 3.47. The van der Waals surface area contributed by atoms with Crippen LogP contribution in [0.1, 0.15) is 12.5 Å². The lowest BCUT2D eigenvalue weighted by molar-refractivity contribution is 0.444. The van der Waals surface area contributed by atoms with Crippen molar-refractivity contribution in [2.45, 2.75) is 13.3 Å². The van der Waals surface area contributed by atoms with Crippen molar-refractivity contribution in [3.8, 4) is 17.3 Å².